The molecule has 0 bridgehead atoms. The van der Waals surface area contributed by atoms with Gasteiger partial charge in [0.1, 0.15) is 0 Å². The molecule has 0 N–H and O–H groups in total. The second-order valence-electron chi connectivity index (χ2n) is 9.23. The maximum absolute atomic E-state index is 3.15. The Morgan fingerprint density at radius 1 is 0.771 bits per heavy atom. The molecule has 1 atom stereocenters. The molecule has 0 nitrogen and oxygen atoms in total. The summed E-state index contributed by atoms with van der Waals surface area (Å²) in [6.45, 7) is 17.3. The van der Waals surface area contributed by atoms with Crippen molar-refractivity contribution in [3.63, 3.8) is 0 Å². The zero-order valence-electron chi connectivity index (χ0n) is 22.3. The van der Waals surface area contributed by atoms with E-state index in [1.165, 1.54) is 49.4 Å². The minimum absolute atomic E-state index is 0. The van der Waals surface area contributed by atoms with Gasteiger partial charge in [0.15, 0.2) is 0 Å². The predicted octanol–water partition coefficient (Wildman–Crippen LogP) is 3.09. The summed E-state index contributed by atoms with van der Waals surface area (Å²) in [5, 5.41) is 5.51. The molecule has 0 aromatic heterocycles. The average molecular weight is 556 g/mol. The van der Waals surface area contributed by atoms with Crippen LogP contribution in [0.25, 0.3) is 21.5 Å². The van der Waals surface area contributed by atoms with Crippen molar-refractivity contribution in [3.8, 4) is 0 Å². The summed E-state index contributed by atoms with van der Waals surface area (Å²) in [5.74, 6) is 0.556. The van der Waals surface area contributed by atoms with Gasteiger partial charge < -0.3 is 24.8 Å². The first kappa shape index (κ1) is 33.7. The van der Waals surface area contributed by atoms with E-state index in [9.17, 15) is 0 Å². The summed E-state index contributed by atoms with van der Waals surface area (Å²) in [6, 6.07) is 21.8. The zero-order valence-corrected chi connectivity index (χ0v) is 26.3. The molecule has 0 saturated heterocycles. The predicted molar refractivity (Wildman–Crippen MR) is 146 cm³/mol. The number of hydrogen-bond donors (Lipinski definition) is 0. The molecule has 0 aliphatic heterocycles. The molecule has 35 heavy (non-hydrogen) atoms. The Hall–Kier alpha value is -1.35. The van der Waals surface area contributed by atoms with Gasteiger partial charge in [-0.15, -0.1) is 76.0 Å². The van der Waals surface area contributed by atoms with Crippen LogP contribution in [0.5, 0.6) is 0 Å². The summed E-state index contributed by atoms with van der Waals surface area (Å²) in [7, 11) is 0. The van der Waals surface area contributed by atoms with Crippen LogP contribution in [-0.4, -0.2) is 6.19 Å². The first-order valence-corrected chi connectivity index (χ1v) is 16.5. The van der Waals surface area contributed by atoms with Crippen LogP contribution in [0.4, 0.5) is 0 Å². The van der Waals surface area contributed by atoms with Crippen LogP contribution in [0, 0.1) is 39.7 Å². The Balaban J connectivity index is 0.000000458. The van der Waals surface area contributed by atoms with E-state index >= 15 is 0 Å². The third-order valence-corrected chi connectivity index (χ3v) is 5.31. The van der Waals surface area contributed by atoms with Crippen LogP contribution in [-0.2, 0) is 19.2 Å². The average Bonchev–Trinajstić information content (AvgIpc) is 3.41. The first-order chi connectivity index (χ1) is 15.6. The molecule has 5 rings (SSSR count). The molecule has 186 valence electrons. The van der Waals surface area contributed by atoms with E-state index in [4.69, 9.17) is 0 Å². The molecule has 0 heterocycles. The summed E-state index contributed by atoms with van der Waals surface area (Å²) >= 11 is 2.27. The van der Waals surface area contributed by atoms with Crippen LogP contribution in [0.2, 0.25) is 13.1 Å². The fourth-order valence-electron chi connectivity index (χ4n) is 3.84. The molecule has 1 unspecified atom stereocenters. The molecular weight excluding hydrogens is 519 g/mol. The smallest absolute Gasteiger partial charge is 0.0488 e. The van der Waals surface area contributed by atoms with Gasteiger partial charge in [0.2, 0.25) is 0 Å². The van der Waals surface area contributed by atoms with Gasteiger partial charge in [0.05, 0.1) is 0 Å². The molecule has 0 radical (unpaired) electrons. The molecule has 4 heteroatoms. The number of rotatable bonds is 0. The van der Waals surface area contributed by atoms with E-state index < -0.39 is 0 Å². The van der Waals surface area contributed by atoms with Gasteiger partial charge >= 0.3 is 38.5 Å². The topological polar surface area (TPSA) is 0 Å². The van der Waals surface area contributed by atoms with Gasteiger partial charge in [-0.05, 0) is 13.8 Å². The number of aryl methyl sites for hydroxylation is 4. The van der Waals surface area contributed by atoms with Gasteiger partial charge in [-0.3, -0.25) is 6.08 Å². The fraction of sp³-hybridized carbons (Fsp3) is 0.290. The van der Waals surface area contributed by atoms with Crippen molar-refractivity contribution in [1.29, 1.82) is 0 Å². The van der Waals surface area contributed by atoms with E-state index in [2.05, 4.69) is 147 Å². The molecule has 1 aliphatic carbocycles. The molecule has 1 aliphatic rings. The number of halogens is 2. The third-order valence-electron chi connectivity index (χ3n) is 5.31. The zero-order chi connectivity index (χ0) is 24.5. The van der Waals surface area contributed by atoms with Gasteiger partial charge in [-0.2, -0.15) is 18.2 Å². The third kappa shape index (κ3) is 11.5. The van der Waals surface area contributed by atoms with Crippen molar-refractivity contribution in [3.05, 3.63) is 107 Å². The Labute approximate surface area is 237 Å². The second-order valence-corrected chi connectivity index (χ2v) is 15.9. The quantitative estimate of drug-likeness (QED) is 0.231. The summed E-state index contributed by atoms with van der Waals surface area (Å²) in [6.07, 6.45) is 7.50. The van der Waals surface area contributed by atoms with Crippen LogP contribution >= 0.6 is 0 Å². The van der Waals surface area contributed by atoms with Crippen molar-refractivity contribution in [2.45, 2.75) is 54.6 Å². The standard InChI is InChI=1S/2C11H11.C7H9.C2H6Si.2ClH.Ti/c2*1-8-6-10-5-3-4-9(2)11(10)7-8;1-6-3-4-7(2)5-6;1-3-2;;;/h2*3-7H,1-2H3;3,5,7H,1-2H3;1-2H3;2*1H;/q3*-1;;;;+2/p-2. The van der Waals surface area contributed by atoms with Crippen molar-refractivity contribution < 1.29 is 44.0 Å². The van der Waals surface area contributed by atoms with E-state index in [0.29, 0.717) is 5.92 Å². The Morgan fingerprint density at radius 3 is 1.43 bits per heavy atom. The number of fused-ring (bicyclic) bond motifs is 2. The van der Waals surface area contributed by atoms with Gasteiger partial charge in [0, 0.05) is 0 Å². The maximum atomic E-state index is 3.15. The van der Waals surface area contributed by atoms with Gasteiger partial charge in [-0.1, -0.05) is 49.9 Å². The van der Waals surface area contributed by atoms with Gasteiger partial charge in [-0.25, -0.2) is 11.6 Å². The molecule has 4 aromatic carbocycles. The molecule has 0 spiro atoms. The van der Waals surface area contributed by atoms with Crippen molar-refractivity contribution >= 4 is 27.7 Å². The normalized spacial score (nSPS) is 13.2. The van der Waals surface area contributed by atoms with E-state index in [0.717, 1.165) is 0 Å². The van der Waals surface area contributed by atoms with E-state index in [-0.39, 0.29) is 31.0 Å². The SMILES string of the molecule is CC1=CC(C)[C-]=C1.C[Si](C)=[Ti+2].Cc1cc2c(C)cccc2[cH-]1.Cc1cc2c(C)cccc2[cH-]1.[Cl-].[Cl-]. The maximum Gasteiger partial charge on any atom is -0.0488 e. The van der Waals surface area contributed by atoms with Crippen molar-refractivity contribution in [2.75, 3.05) is 0 Å². The second kappa shape index (κ2) is 16.4. The molecular formula is C31H37Cl2SiTi-3. The summed E-state index contributed by atoms with van der Waals surface area (Å²) < 4.78 is 0. The van der Waals surface area contributed by atoms with Crippen LogP contribution in [0.1, 0.15) is 36.1 Å². The molecule has 0 fully saturated rings. The number of benzene rings is 2. The molecule has 0 saturated carbocycles. The minimum atomic E-state index is 0. The monoisotopic (exact) mass is 555 g/mol. The van der Waals surface area contributed by atoms with Crippen LogP contribution < -0.4 is 24.8 Å². The van der Waals surface area contributed by atoms with Crippen LogP contribution in [0.15, 0.2) is 78.4 Å². The van der Waals surface area contributed by atoms with Gasteiger partial charge in [0.25, 0.3) is 0 Å². The minimum Gasteiger partial charge on any atom is -1.00 e. The Bertz CT molecular complexity index is 1190. The summed E-state index contributed by atoms with van der Waals surface area (Å²) in [4.78, 5) is 0. The molecule has 0 amide bonds. The first-order valence-electron chi connectivity index (χ1n) is 11.6. The Kier molecular flexibility index (Phi) is 15.8. The number of hydrogen-bond acceptors (Lipinski definition) is 0. The van der Waals surface area contributed by atoms with Crippen molar-refractivity contribution in [1.82, 2.24) is 0 Å². The van der Waals surface area contributed by atoms with E-state index in [1.54, 1.807) is 0 Å². The largest absolute Gasteiger partial charge is 1.00 e. The van der Waals surface area contributed by atoms with E-state index in [1.807, 2.05) is 6.08 Å². The van der Waals surface area contributed by atoms with Crippen LogP contribution in [0.3, 0.4) is 0 Å². The number of allylic oxidation sites excluding steroid dienone is 4. The summed E-state index contributed by atoms with van der Waals surface area (Å²) in [5.41, 5.74) is 6.79. The molecule has 4 aromatic rings. The fourth-order valence-corrected chi connectivity index (χ4v) is 3.84. The Morgan fingerprint density at radius 2 is 1.17 bits per heavy atom. The van der Waals surface area contributed by atoms with Crippen molar-refractivity contribution in [2.24, 2.45) is 5.92 Å².